The molecule has 2 amide bonds. The Bertz CT molecular complexity index is 759. The lowest BCUT2D eigenvalue weighted by atomic mass is 9.95. The van der Waals surface area contributed by atoms with Gasteiger partial charge in [-0.05, 0) is 12.0 Å². The fourth-order valence-corrected chi connectivity index (χ4v) is 3.29. The van der Waals surface area contributed by atoms with Crippen molar-refractivity contribution >= 4 is 11.8 Å². The summed E-state index contributed by atoms with van der Waals surface area (Å²) in [7, 11) is 3.64. The highest BCUT2D eigenvalue weighted by molar-refractivity contribution is 5.80. The molecule has 2 aromatic rings. The third kappa shape index (κ3) is 4.11. The van der Waals surface area contributed by atoms with Crippen LogP contribution in [0.1, 0.15) is 30.3 Å². The number of rotatable bonds is 6. The highest BCUT2D eigenvalue weighted by Gasteiger charge is 2.37. The predicted molar refractivity (Wildman–Crippen MR) is 96.0 cm³/mol. The van der Waals surface area contributed by atoms with Crippen LogP contribution in [0, 0.1) is 0 Å². The first-order chi connectivity index (χ1) is 12.6. The molecule has 1 aliphatic heterocycles. The summed E-state index contributed by atoms with van der Waals surface area (Å²) < 4.78 is 7.39. The summed E-state index contributed by atoms with van der Waals surface area (Å²) in [5.74, 6) is 0.632. The highest BCUT2D eigenvalue weighted by atomic mass is 16.5. The van der Waals surface area contributed by atoms with Gasteiger partial charge in [0.15, 0.2) is 0 Å². The van der Waals surface area contributed by atoms with Crippen molar-refractivity contribution in [1.29, 1.82) is 0 Å². The first-order valence-corrected chi connectivity index (χ1v) is 8.70. The van der Waals surface area contributed by atoms with Crippen LogP contribution in [0.5, 0.6) is 0 Å². The Morgan fingerprint density at radius 2 is 2.08 bits per heavy atom. The molecule has 7 heteroatoms. The Labute approximate surface area is 153 Å². The van der Waals surface area contributed by atoms with E-state index < -0.39 is 0 Å². The van der Waals surface area contributed by atoms with Crippen molar-refractivity contribution < 1.29 is 14.3 Å². The maximum Gasteiger partial charge on any atom is 0.246 e. The Balaban J connectivity index is 1.60. The number of aromatic nitrogens is 2. The van der Waals surface area contributed by atoms with E-state index >= 15 is 0 Å². The number of ether oxygens (including phenoxy) is 1. The number of hydrogen-bond donors (Lipinski definition) is 1. The van der Waals surface area contributed by atoms with Gasteiger partial charge in [0.2, 0.25) is 11.8 Å². The van der Waals surface area contributed by atoms with Gasteiger partial charge in [0.1, 0.15) is 18.5 Å². The van der Waals surface area contributed by atoms with Crippen LogP contribution in [0.3, 0.4) is 0 Å². The molecule has 0 unspecified atom stereocenters. The molecule has 7 nitrogen and oxygen atoms in total. The van der Waals surface area contributed by atoms with Gasteiger partial charge in [0.25, 0.3) is 0 Å². The Morgan fingerprint density at radius 1 is 1.31 bits per heavy atom. The number of imidazole rings is 1. The molecule has 0 aliphatic carbocycles. The first-order valence-electron chi connectivity index (χ1n) is 8.70. The molecule has 1 N–H and O–H groups in total. The third-order valence-corrected chi connectivity index (χ3v) is 4.68. The van der Waals surface area contributed by atoms with Crippen LogP contribution >= 0.6 is 0 Å². The molecule has 0 saturated carbocycles. The summed E-state index contributed by atoms with van der Waals surface area (Å²) in [6.07, 6.45) is 4.53. The Morgan fingerprint density at radius 3 is 2.77 bits per heavy atom. The second-order valence-electron chi connectivity index (χ2n) is 6.54. The summed E-state index contributed by atoms with van der Waals surface area (Å²) in [5.41, 5.74) is 1.02. The number of nitrogens with zero attached hydrogens (tertiary/aromatic N) is 3. The van der Waals surface area contributed by atoms with E-state index in [-0.39, 0.29) is 30.5 Å². The van der Waals surface area contributed by atoms with E-state index in [2.05, 4.69) is 10.3 Å². The molecule has 1 aromatic heterocycles. The number of hydrogen-bond acceptors (Lipinski definition) is 4. The van der Waals surface area contributed by atoms with Gasteiger partial charge >= 0.3 is 0 Å². The summed E-state index contributed by atoms with van der Waals surface area (Å²) in [5, 5.41) is 3.01. The van der Waals surface area contributed by atoms with E-state index in [1.807, 2.05) is 48.1 Å². The second kappa shape index (κ2) is 8.14. The van der Waals surface area contributed by atoms with Gasteiger partial charge in [-0.1, -0.05) is 30.3 Å². The van der Waals surface area contributed by atoms with Crippen molar-refractivity contribution in [2.45, 2.75) is 31.5 Å². The molecule has 2 heterocycles. The van der Waals surface area contributed by atoms with Crippen molar-refractivity contribution in [1.82, 2.24) is 19.8 Å². The molecule has 1 fully saturated rings. The molecule has 1 aliphatic rings. The van der Waals surface area contributed by atoms with E-state index in [0.29, 0.717) is 19.4 Å². The van der Waals surface area contributed by atoms with E-state index in [0.717, 1.165) is 11.4 Å². The number of likely N-dealkylation sites (tertiary alicyclic amines) is 1. The molecule has 0 bridgehead atoms. The van der Waals surface area contributed by atoms with Gasteiger partial charge in [-0.3, -0.25) is 9.59 Å². The lowest BCUT2D eigenvalue weighted by Crippen LogP contribution is -2.52. The van der Waals surface area contributed by atoms with E-state index in [9.17, 15) is 9.59 Å². The summed E-state index contributed by atoms with van der Waals surface area (Å²) >= 11 is 0. The normalized spacial score (nSPS) is 20.2. The highest BCUT2D eigenvalue weighted by Crippen LogP contribution is 2.29. The Hall–Kier alpha value is -2.67. The number of benzene rings is 1. The average Bonchev–Trinajstić information content (AvgIpc) is 3.05. The largest absolute Gasteiger partial charge is 0.367 e. The van der Waals surface area contributed by atoms with Crippen molar-refractivity contribution in [2.24, 2.45) is 7.05 Å². The molecule has 0 radical (unpaired) electrons. The lowest BCUT2D eigenvalue weighted by Gasteiger charge is -2.38. The molecular formula is C19H24N4O3. The van der Waals surface area contributed by atoms with Crippen LogP contribution in [0.25, 0.3) is 0 Å². The van der Waals surface area contributed by atoms with Gasteiger partial charge in [-0.2, -0.15) is 0 Å². The number of carbonyl (C=O) groups excluding carboxylic acids is 2. The molecule has 26 heavy (non-hydrogen) atoms. The summed E-state index contributed by atoms with van der Waals surface area (Å²) in [6, 6.07) is 9.25. The molecule has 3 rings (SSSR count). The first kappa shape index (κ1) is 18.1. The fraction of sp³-hybridized carbons (Fsp3) is 0.421. The zero-order valence-electron chi connectivity index (χ0n) is 15.1. The molecular weight excluding hydrogens is 332 g/mol. The Kier molecular flexibility index (Phi) is 5.68. The van der Waals surface area contributed by atoms with Gasteiger partial charge in [0.05, 0.1) is 12.6 Å². The van der Waals surface area contributed by atoms with Crippen LogP contribution < -0.4 is 5.32 Å². The SMILES string of the molecule is CN1C(=O)CC[C@@H](NC(=O)COCc2ccccc2)[C@@H]1c1nccn1C. The maximum atomic E-state index is 12.3. The predicted octanol–water partition coefficient (Wildman–Crippen LogP) is 1.41. The zero-order chi connectivity index (χ0) is 18.5. The van der Waals surface area contributed by atoms with Crippen molar-refractivity contribution in [3.8, 4) is 0 Å². The standard InChI is InChI=1S/C19H24N4O3/c1-22-11-10-20-19(22)18-15(8-9-17(25)23(18)2)21-16(24)13-26-12-14-6-4-3-5-7-14/h3-7,10-11,15,18H,8-9,12-13H2,1-2H3,(H,21,24)/t15-,18-/m1/s1. The number of piperidine rings is 1. The average molecular weight is 356 g/mol. The lowest BCUT2D eigenvalue weighted by molar-refractivity contribution is -0.138. The zero-order valence-corrected chi connectivity index (χ0v) is 15.1. The third-order valence-electron chi connectivity index (χ3n) is 4.68. The number of amides is 2. The quantitative estimate of drug-likeness (QED) is 0.849. The number of carbonyl (C=O) groups is 2. The number of aryl methyl sites for hydroxylation is 1. The molecule has 138 valence electrons. The van der Waals surface area contributed by atoms with Crippen LogP contribution in [0.15, 0.2) is 42.7 Å². The smallest absolute Gasteiger partial charge is 0.246 e. The van der Waals surface area contributed by atoms with Gasteiger partial charge in [-0.25, -0.2) is 4.98 Å². The van der Waals surface area contributed by atoms with Crippen LogP contribution in [0.2, 0.25) is 0 Å². The summed E-state index contributed by atoms with van der Waals surface area (Å²) in [6.45, 7) is 0.371. The molecule has 2 atom stereocenters. The molecule has 1 saturated heterocycles. The van der Waals surface area contributed by atoms with Crippen LogP contribution in [-0.4, -0.2) is 46.0 Å². The van der Waals surface area contributed by atoms with E-state index in [1.165, 1.54) is 0 Å². The van der Waals surface area contributed by atoms with Gasteiger partial charge < -0.3 is 19.5 Å². The molecule has 1 aromatic carbocycles. The monoisotopic (exact) mass is 356 g/mol. The van der Waals surface area contributed by atoms with Crippen molar-refractivity contribution in [3.05, 3.63) is 54.1 Å². The van der Waals surface area contributed by atoms with Crippen molar-refractivity contribution in [2.75, 3.05) is 13.7 Å². The minimum Gasteiger partial charge on any atom is -0.367 e. The number of nitrogens with one attached hydrogen (secondary N) is 1. The minimum absolute atomic E-state index is 0.0175. The van der Waals surface area contributed by atoms with Crippen LogP contribution in [0.4, 0.5) is 0 Å². The van der Waals surface area contributed by atoms with Crippen molar-refractivity contribution in [3.63, 3.8) is 0 Å². The van der Waals surface area contributed by atoms with E-state index in [1.54, 1.807) is 18.1 Å². The minimum atomic E-state index is -0.283. The fourth-order valence-electron chi connectivity index (χ4n) is 3.29. The van der Waals surface area contributed by atoms with Crippen LogP contribution in [-0.2, 0) is 28.0 Å². The van der Waals surface area contributed by atoms with E-state index in [4.69, 9.17) is 4.74 Å². The van der Waals surface area contributed by atoms with Gasteiger partial charge in [-0.15, -0.1) is 0 Å². The number of likely N-dealkylation sites (N-methyl/N-ethyl adjacent to an activating group) is 1. The maximum absolute atomic E-state index is 12.3. The summed E-state index contributed by atoms with van der Waals surface area (Å²) in [4.78, 5) is 30.5. The topological polar surface area (TPSA) is 76.5 Å². The second-order valence-corrected chi connectivity index (χ2v) is 6.54. The molecule has 0 spiro atoms. The van der Waals surface area contributed by atoms with Gasteiger partial charge in [0, 0.05) is 32.9 Å².